The molecule has 1 fully saturated rings. The van der Waals surface area contributed by atoms with Crippen molar-refractivity contribution in [3.8, 4) is 0 Å². The Morgan fingerprint density at radius 1 is 1.37 bits per heavy atom. The molecule has 1 aromatic heterocycles. The zero-order chi connectivity index (χ0) is 19.2. The lowest BCUT2D eigenvalue weighted by Gasteiger charge is -2.32. The molecule has 27 heavy (non-hydrogen) atoms. The predicted octanol–water partition coefficient (Wildman–Crippen LogP) is 1.29. The summed E-state index contributed by atoms with van der Waals surface area (Å²) in [7, 11) is 1.54. The van der Waals surface area contributed by atoms with E-state index in [1.165, 1.54) is 0 Å². The maximum Gasteiger partial charge on any atom is 0.273 e. The summed E-state index contributed by atoms with van der Waals surface area (Å²) in [6.45, 7) is 3.19. The standard InChI is InChI=1S/C19H23N3O5/c1-13-16(11-25-2)18(21-27-13)19(24)20-8-15-10-22(17(23)12-26-15)9-14-6-4-3-5-7-14/h3-7,15H,8-12H2,1-2H3,(H,20,24). The number of rotatable bonds is 7. The van der Waals surface area contributed by atoms with Crippen LogP contribution in [0.2, 0.25) is 0 Å². The molecule has 0 radical (unpaired) electrons. The number of benzene rings is 1. The second-order valence-corrected chi connectivity index (χ2v) is 6.40. The van der Waals surface area contributed by atoms with E-state index < -0.39 is 0 Å². The topological polar surface area (TPSA) is 93.9 Å². The van der Waals surface area contributed by atoms with Gasteiger partial charge in [-0.25, -0.2) is 0 Å². The van der Waals surface area contributed by atoms with Gasteiger partial charge in [-0.1, -0.05) is 35.5 Å². The molecule has 1 aromatic carbocycles. The van der Waals surface area contributed by atoms with E-state index in [-0.39, 0.29) is 43.4 Å². The van der Waals surface area contributed by atoms with Crippen LogP contribution in [0.15, 0.2) is 34.9 Å². The van der Waals surface area contributed by atoms with Crippen molar-refractivity contribution in [1.82, 2.24) is 15.4 Å². The van der Waals surface area contributed by atoms with Gasteiger partial charge >= 0.3 is 0 Å². The lowest BCUT2D eigenvalue weighted by Crippen LogP contribution is -2.50. The zero-order valence-electron chi connectivity index (χ0n) is 15.4. The van der Waals surface area contributed by atoms with Gasteiger partial charge in [-0.3, -0.25) is 9.59 Å². The van der Waals surface area contributed by atoms with Crippen LogP contribution in [-0.4, -0.2) is 54.8 Å². The van der Waals surface area contributed by atoms with Crippen LogP contribution in [0.5, 0.6) is 0 Å². The lowest BCUT2D eigenvalue weighted by molar-refractivity contribution is -0.149. The number of nitrogens with zero attached hydrogens (tertiary/aromatic N) is 2. The highest BCUT2D eigenvalue weighted by molar-refractivity contribution is 5.93. The second-order valence-electron chi connectivity index (χ2n) is 6.40. The van der Waals surface area contributed by atoms with Crippen molar-refractivity contribution in [3.63, 3.8) is 0 Å². The Morgan fingerprint density at radius 2 is 2.15 bits per heavy atom. The van der Waals surface area contributed by atoms with Gasteiger partial charge in [0.25, 0.3) is 5.91 Å². The number of carbonyl (C=O) groups excluding carboxylic acids is 2. The minimum Gasteiger partial charge on any atom is -0.380 e. The Labute approximate surface area is 157 Å². The molecule has 1 unspecified atom stereocenters. The van der Waals surface area contributed by atoms with Gasteiger partial charge in [0.2, 0.25) is 5.91 Å². The lowest BCUT2D eigenvalue weighted by atomic mass is 10.1. The molecule has 1 aliphatic rings. The fourth-order valence-electron chi connectivity index (χ4n) is 2.93. The van der Waals surface area contributed by atoms with Crippen molar-refractivity contribution in [2.45, 2.75) is 26.2 Å². The third-order valence-electron chi connectivity index (χ3n) is 4.41. The molecule has 1 aliphatic heterocycles. The molecule has 0 bridgehead atoms. The first-order valence-electron chi connectivity index (χ1n) is 8.74. The Kier molecular flexibility index (Phi) is 6.20. The molecule has 2 heterocycles. The fourth-order valence-corrected chi connectivity index (χ4v) is 2.93. The Bertz CT molecular complexity index is 790. The summed E-state index contributed by atoms with van der Waals surface area (Å²) in [4.78, 5) is 26.3. The van der Waals surface area contributed by atoms with Crippen LogP contribution in [-0.2, 0) is 27.4 Å². The summed E-state index contributed by atoms with van der Waals surface area (Å²) in [6, 6.07) is 9.77. The van der Waals surface area contributed by atoms with Gasteiger partial charge < -0.3 is 24.2 Å². The smallest absolute Gasteiger partial charge is 0.273 e. The molecule has 0 spiro atoms. The number of hydrogen-bond acceptors (Lipinski definition) is 6. The molecule has 1 atom stereocenters. The van der Waals surface area contributed by atoms with E-state index in [2.05, 4.69) is 10.5 Å². The summed E-state index contributed by atoms with van der Waals surface area (Å²) >= 11 is 0. The Hall–Kier alpha value is -2.71. The maximum absolute atomic E-state index is 12.4. The fraction of sp³-hybridized carbons (Fsp3) is 0.421. The molecule has 0 saturated carbocycles. The molecular formula is C19H23N3O5. The molecule has 3 rings (SSSR count). The van der Waals surface area contributed by atoms with Crippen molar-refractivity contribution in [2.75, 3.05) is 26.8 Å². The normalized spacial score (nSPS) is 17.2. The SMILES string of the molecule is COCc1c(C(=O)NCC2CN(Cc3ccccc3)C(=O)CO2)noc1C. The maximum atomic E-state index is 12.4. The van der Waals surface area contributed by atoms with Crippen LogP contribution in [0.1, 0.15) is 27.4 Å². The summed E-state index contributed by atoms with van der Waals surface area (Å²) in [5, 5.41) is 6.61. The third kappa shape index (κ3) is 4.72. The molecule has 8 nitrogen and oxygen atoms in total. The molecule has 1 saturated heterocycles. The highest BCUT2D eigenvalue weighted by Gasteiger charge is 2.27. The first kappa shape index (κ1) is 19.1. The van der Waals surface area contributed by atoms with Crippen molar-refractivity contribution in [2.24, 2.45) is 0 Å². The van der Waals surface area contributed by atoms with E-state index in [4.69, 9.17) is 14.0 Å². The first-order chi connectivity index (χ1) is 13.1. The van der Waals surface area contributed by atoms with Gasteiger partial charge in [0.15, 0.2) is 5.69 Å². The van der Waals surface area contributed by atoms with E-state index in [0.717, 1.165) is 5.56 Å². The van der Waals surface area contributed by atoms with Gasteiger partial charge in [0.1, 0.15) is 12.4 Å². The number of nitrogens with one attached hydrogen (secondary N) is 1. The number of morpholine rings is 1. The summed E-state index contributed by atoms with van der Waals surface area (Å²) < 4.78 is 15.7. The Balaban J connectivity index is 1.56. The van der Waals surface area contributed by atoms with Crippen LogP contribution in [0.4, 0.5) is 0 Å². The van der Waals surface area contributed by atoms with E-state index >= 15 is 0 Å². The molecule has 2 amide bonds. The number of ether oxygens (including phenoxy) is 2. The van der Waals surface area contributed by atoms with Crippen LogP contribution < -0.4 is 5.32 Å². The van der Waals surface area contributed by atoms with Gasteiger partial charge in [-0.05, 0) is 12.5 Å². The van der Waals surface area contributed by atoms with Gasteiger partial charge in [-0.2, -0.15) is 0 Å². The molecule has 1 N–H and O–H groups in total. The molecular weight excluding hydrogens is 350 g/mol. The Morgan fingerprint density at radius 3 is 2.89 bits per heavy atom. The average Bonchev–Trinajstić information content (AvgIpc) is 3.04. The molecule has 2 aromatic rings. The minimum atomic E-state index is -0.353. The summed E-state index contributed by atoms with van der Waals surface area (Å²) in [6.07, 6.45) is -0.283. The monoisotopic (exact) mass is 373 g/mol. The molecule has 8 heteroatoms. The largest absolute Gasteiger partial charge is 0.380 e. The number of carbonyl (C=O) groups is 2. The third-order valence-corrected chi connectivity index (χ3v) is 4.41. The van der Waals surface area contributed by atoms with Crippen LogP contribution in [0.3, 0.4) is 0 Å². The van der Waals surface area contributed by atoms with Crippen LogP contribution in [0, 0.1) is 6.92 Å². The highest BCUT2D eigenvalue weighted by atomic mass is 16.5. The predicted molar refractivity (Wildman–Crippen MR) is 95.9 cm³/mol. The van der Waals surface area contributed by atoms with Gasteiger partial charge in [0, 0.05) is 26.7 Å². The van der Waals surface area contributed by atoms with E-state index in [1.54, 1.807) is 18.9 Å². The number of methoxy groups -OCH3 is 1. The first-order valence-corrected chi connectivity index (χ1v) is 8.74. The van der Waals surface area contributed by atoms with E-state index in [9.17, 15) is 9.59 Å². The van der Waals surface area contributed by atoms with Crippen molar-refractivity contribution in [3.05, 3.63) is 52.9 Å². The molecule has 144 valence electrons. The number of hydrogen-bond donors (Lipinski definition) is 1. The minimum absolute atomic E-state index is 0.00532. The summed E-state index contributed by atoms with van der Waals surface area (Å²) in [5.74, 6) is 0.139. The average molecular weight is 373 g/mol. The molecule has 0 aliphatic carbocycles. The van der Waals surface area contributed by atoms with Crippen molar-refractivity contribution in [1.29, 1.82) is 0 Å². The van der Waals surface area contributed by atoms with E-state index in [1.807, 2.05) is 30.3 Å². The van der Waals surface area contributed by atoms with Gasteiger partial charge in [0.05, 0.1) is 18.3 Å². The van der Waals surface area contributed by atoms with E-state index in [0.29, 0.717) is 24.4 Å². The van der Waals surface area contributed by atoms with Crippen LogP contribution in [0.25, 0.3) is 0 Å². The second kappa shape index (κ2) is 8.79. The highest BCUT2D eigenvalue weighted by Crippen LogP contribution is 2.15. The number of amides is 2. The quantitative estimate of drug-likeness (QED) is 0.786. The van der Waals surface area contributed by atoms with Gasteiger partial charge in [-0.15, -0.1) is 0 Å². The van der Waals surface area contributed by atoms with Crippen molar-refractivity contribution >= 4 is 11.8 Å². The zero-order valence-corrected chi connectivity index (χ0v) is 15.4. The summed E-state index contributed by atoms with van der Waals surface area (Å²) in [5.41, 5.74) is 1.89. The number of aryl methyl sites for hydroxylation is 1. The van der Waals surface area contributed by atoms with Crippen molar-refractivity contribution < 1.29 is 23.6 Å². The number of aromatic nitrogens is 1. The van der Waals surface area contributed by atoms with Crippen LogP contribution >= 0.6 is 0 Å².